The molecule has 0 aliphatic heterocycles. The summed E-state index contributed by atoms with van der Waals surface area (Å²) in [5.41, 5.74) is 4.67. The van der Waals surface area contributed by atoms with E-state index in [0.29, 0.717) is 17.8 Å². The van der Waals surface area contributed by atoms with E-state index in [-0.39, 0.29) is 6.54 Å². The monoisotopic (exact) mass is 410 g/mol. The second kappa shape index (κ2) is 7.40. The first-order valence-corrected chi connectivity index (χ1v) is 10.2. The molecule has 0 aliphatic rings. The minimum absolute atomic E-state index is 0.247. The normalized spacial score (nSPS) is 11.4. The van der Waals surface area contributed by atoms with Crippen LogP contribution in [0.5, 0.6) is 0 Å². The lowest BCUT2D eigenvalue weighted by atomic mass is 10.1. The lowest BCUT2D eigenvalue weighted by Gasteiger charge is -2.09. The van der Waals surface area contributed by atoms with E-state index in [9.17, 15) is 9.59 Å². The van der Waals surface area contributed by atoms with Crippen LogP contribution in [-0.4, -0.2) is 18.7 Å². The quantitative estimate of drug-likeness (QED) is 0.426. The maximum absolute atomic E-state index is 13.1. The minimum Gasteiger partial charge on any atom is -0.304 e. The van der Waals surface area contributed by atoms with Crippen molar-refractivity contribution < 1.29 is 0 Å². The maximum Gasteiger partial charge on any atom is 0.333 e. The van der Waals surface area contributed by atoms with Gasteiger partial charge < -0.3 is 4.57 Å². The van der Waals surface area contributed by atoms with Crippen LogP contribution in [0.4, 0.5) is 0 Å². The number of hydrogen-bond donors (Lipinski definition) is 0. The third-order valence-corrected chi connectivity index (χ3v) is 5.60. The number of benzene rings is 3. The zero-order chi connectivity index (χ0) is 21.5. The van der Waals surface area contributed by atoms with Gasteiger partial charge in [0.25, 0.3) is 0 Å². The predicted molar refractivity (Wildman–Crippen MR) is 122 cm³/mol. The highest BCUT2D eigenvalue weighted by atomic mass is 16.2. The Hall–Kier alpha value is -3.93. The molecule has 2 heterocycles. The Labute approximate surface area is 178 Å². The second-order valence-corrected chi connectivity index (χ2v) is 7.95. The van der Waals surface area contributed by atoms with E-state index in [0.717, 1.165) is 22.2 Å². The van der Waals surface area contributed by atoms with E-state index in [2.05, 4.69) is 36.3 Å². The Morgan fingerprint density at radius 2 is 1.23 bits per heavy atom. The number of fused-ring (bicyclic) bond motifs is 3. The molecule has 0 bridgehead atoms. The van der Waals surface area contributed by atoms with Crippen LogP contribution in [-0.2, 0) is 13.1 Å². The number of aryl methyl sites for hydroxylation is 2. The van der Waals surface area contributed by atoms with Crippen LogP contribution in [0.3, 0.4) is 0 Å². The van der Waals surface area contributed by atoms with E-state index in [1.54, 1.807) is 0 Å². The van der Waals surface area contributed by atoms with Gasteiger partial charge in [0.15, 0.2) is 0 Å². The van der Waals surface area contributed by atoms with Crippen LogP contribution in [0.2, 0.25) is 0 Å². The van der Waals surface area contributed by atoms with E-state index in [4.69, 9.17) is 0 Å². The van der Waals surface area contributed by atoms with Crippen molar-refractivity contribution in [2.45, 2.75) is 26.9 Å². The van der Waals surface area contributed by atoms with Gasteiger partial charge in [-0.1, -0.05) is 71.8 Å². The summed E-state index contributed by atoms with van der Waals surface area (Å²) < 4.78 is 4.69. The Morgan fingerprint density at radius 1 is 0.677 bits per heavy atom. The predicted octanol–water partition coefficient (Wildman–Crippen LogP) is 3.52. The molecule has 3 aromatic carbocycles. The fraction of sp³-hybridized carbons (Fsp3) is 0.160. The Kier molecular flexibility index (Phi) is 4.55. The van der Waals surface area contributed by atoms with Crippen LogP contribution in [0.1, 0.15) is 22.3 Å². The third kappa shape index (κ3) is 3.36. The zero-order valence-electron chi connectivity index (χ0n) is 17.4. The highest BCUT2D eigenvalue weighted by Crippen LogP contribution is 2.19. The number of rotatable bonds is 4. The van der Waals surface area contributed by atoms with Gasteiger partial charge in [-0.15, -0.1) is 5.10 Å². The van der Waals surface area contributed by atoms with Crippen molar-refractivity contribution in [2.24, 2.45) is 0 Å². The van der Waals surface area contributed by atoms with Gasteiger partial charge in [0.1, 0.15) is 0 Å². The van der Waals surface area contributed by atoms with Gasteiger partial charge >= 0.3 is 11.1 Å². The summed E-state index contributed by atoms with van der Waals surface area (Å²) in [5.74, 6) is 0.457. The van der Waals surface area contributed by atoms with Crippen molar-refractivity contribution in [3.05, 3.63) is 116 Å². The van der Waals surface area contributed by atoms with Gasteiger partial charge in [-0.2, -0.15) is 0 Å². The van der Waals surface area contributed by atoms with Crippen molar-refractivity contribution in [1.82, 2.24) is 18.7 Å². The van der Waals surface area contributed by atoms with Gasteiger partial charge in [-0.3, -0.25) is 9.59 Å². The fourth-order valence-electron chi connectivity index (χ4n) is 3.88. The lowest BCUT2D eigenvalue weighted by Crippen LogP contribution is -2.40. The lowest BCUT2D eigenvalue weighted by molar-refractivity contribution is 0.614. The van der Waals surface area contributed by atoms with Crippen LogP contribution < -0.4 is 11.1 Å². The number of para-hydroxylation sites is 2. The molecule has 5 rings (SSSR count). The van der Waals surface area contributed by atoms with Crippen LogP contribution in [0, 0.1) is 13.8 Å². The van der Waals surface area contributed by atoms with Gasteiger partial charge in [-0.25, -0.2) is 9.08 Å². The van der Waals surface area contributed by atoms with Crippen molar-refractivity contribution in [3.8, 4) is 0 Å². The molecule has 0 aliphatic carbocycles. The topological polar surface area (TPSA) is 61.3 Å². The molecule has 0 fully saturated rings. The summed E-state index contributed by atoms with van der Waals surface area (Å²) in [6.07, 6.45) is 0. The van der Waals surface area contributed by atoms with Crippen molar-refractivity contribution in [3.63, 3.8) is 0 Å². The summed E-state index contributed by atoms with van der Waals surface area (Å²) in [5, 5.41) is 4.63. The zero-order valence-corrected chi connectivity index (χ0v) is 17.4. The smallest absolute Gasteiger partial charge is 0.304 e. The Morgan fingerprint density at radius 3 is 1.84 bits per heavy atom. The summed E-state index contributed by atoms with van der Waals surface area (Å²) >= 11 is 0. The summed E-state index contributed by atoms with van der Waals surface area (Å²) in [6, 6.07) is 23.7. The number of imidazole rings is 1. The molecule has 2 aromatic heterocycles. The number of aromatic nitrogens is 4. The fourth-order valence-corrected chi connectivity index (χ4v) is 3.88. The van der Waals surface area contributed by atoms with Gasteiger partial charge in [0.2, 0.25) is 5.78 Å². The Balaban J connectivity index is 1.73. The minimum atomic E-state index is -0.628. The van der Waals surface area contributed by atoms with E-state index in [1.807, 2.05) is 60.0 Å². The molecule has 0 saturated heterocycles. The maximum atomic E-state index is 13.1. The molecule has 0 radical (unpaired) electrons. The SMILES string of the molecule is Cc1ccc(Cn2nc3n(Cc4ccc(C)cc4)c4ccccc4n3c(=O)c2=O)cc1. The van der Waals surface area contributed by atoms with E-state index < -0.39 is 11.1 Å². The van der Waals surface area contributed by atoms with Gasteiger partial charge in [-0.05, 0) is 37.1 Å². The molecule has 0 saturated carbocycles. The average molecular weight is 410 g/mol. The molecule has 5 aromatic rings. The van der Waals surface area contributed by atoms with Crippen LogP contribution in [0.25, 0.3) is 16.8 Å². The molecule has 0 spiro atoms. The molecule has 31 heavy (non-hydrogen) atoms. The summed E-state index contributed by atoms with van der Waals surface area (Å²) in [4.78, 5) is 26.0. The number of hydrogen-bond acceptors (Lipinski definition) is 3. The summed E-state index contributed by atoms with van der Waals surface area (Å²) in [6.45, 7) is 4.86. The highest BCUT2D eigenvalue weighted by Gasteiger charge is 2.17. The molecule has 0 atom stereocenters. The van der Waals surface area contributed by atoms with Gasteiger partial charge in [0.05, 0.1) is 24.1 Å². The molecule has 6 nitrogen and oxygen atoms in total. The van der Waals surface area contributed by atoms with Crippen molar-refractivity contribution in [1.29, 1.82) is 0 Å². The summed E-state index contributed by atoms with van der Waals surface area (Å²) in [7, 11) is 0. The standard InChI is InChI=1S/C25H22N4O2/c1-17-7-11-19(12-8-17)15-27-21-5-3-4-6-22(21)29-24(31)23(30)28(26-25(27)29)16-20-13-9-18(2)10-14-20/h3-14H,15-16H2,1-2H3. The van der Waals surface area contributed by atoms with E-state index in [1.165, 1.54) is 14.6 Å². The van der Waals surface area contributed by atoms with Crippen molar-refractivity contribution >= 4 is 16.8 Å². The molecule has 0 amide bonds. The van der Waals surface area contributed by atoms with Crippen molar-refractivity contribution in [2.75, 3.05) is 0 Å². The molecule has 6 heteroatoms. The first-order valence-electron chi connectivity index (χ1n) is 10.2. The van der Waals surface area contributed by atoms with E-state index >= 15 is 0 Å². The van der Waals surface area contributed by atoms with Gasteiger partial charge in [0, 0.05) is 0 Å². The Bertz CT molecular complexity index is 1520. The largest absolute Gasteiger partial charge is 0.333 e. The highest BCUT2D eigenvalue weighted by molar-refractivity contribution is 5.80. The molecular weight excluding hydrogens is 388 g/mol. The molecule has 0 N–H and O–H groups in total. The third-order valence-electron chi connectivity index (χ3n) is 5.60. The molecule has 154 valence electrons. The average Bonchev–Trinajstić information content (AvgIpc) is 3.08. The number of nitrogens with zero attached hydrogens (tertiary/aromatic N) is 4. The van der Waals surface area contributed by atoms with Crippen LogP contribution >= 0.6 is 0 Å². The molecule has 0 unspecified atom stereocenters. The first-order chi connectivity index (χ1) is 15.0. The molecular formula is C25H22N4O2. The second-order valence-electron chi connectivity index (χ2n) is 7.95. The van der Waals surface area contributed by atoms with Crippen LogP contribution in [0.15, 0.2) is 82.4 Å². The first kappa shape index (κ1) is 19.1.